The van der Waals surface area contributed by atoms with Gasteiger partial charge < -0.3 is 39.0 Å². The van der Waals surface area contributed by atoms with Crippen molar-refractivity contribution in [2.24, 2.45) is 0 Å². The standard InChI is InChI=1S/C15H23N3O2.C14H21N3O2.2CHF3/c1-12-11-20-8-7-18(12)13-9-14(16-15(19)10-13)17-5-3-2-4-6-17;18-14-11-12(16-6-8-19-9-7-16)10-13(15-14)17-4-2-1-3-5-17;2*2-1(3)4/h9-10,12H,2-8,11H2,1H3,(H,16,19);10-11H,1-9H2,(H,15,18);2*1H. The highest BCUT2D eigenvalue weighted by atomic mass is 19.4. The summed E-state index contributed by atoms with van der Waals surface area (Å²) in [4.78, 5) is 38.8. The quantitative estimate of drug-likeness (QED) is 0.429. The van der Waals surface area contributed by atoms with E-state index in [0.717, 1.165) is 95.3 Å². The van der Waals surface area contributed by atoms with Crippen LogP contribution in [0.2, 0.25) is 0 Å². The van der Waals surface area contributed by atoms with Crippen LogP contribution >= 0.6 is 0 Å². The summed E-state index contributed by atoms with van der Waals surface area (Å²) in [6, 6.07) is 7.94. The number of hydrogen-bond acceptors (Lipinski definition) is 8. The average Bonchev–Trinajstić information content (AvgIpc) is 3.05. The zero-order chi connectivity index (χ0) is 34.2. The number of alkyl halides is 6. The number of morpholine rings is 2. The van der Waals surface area contributed by atoms with E-state index >= 15 is 0 Å². The fourth-order valence-corrected chi connectivity index (χ4v) is 5.92. The lowest BCUT2D eigenvalue weighted by Crippen LogP contribution is -2.44. The third-order valence-corrected chi connectivity index (χ3v) is 8.10. The first-order chi connectivity index (χ1) is 22.5. The fourth-order valence-electron chi connectivity index (χ4n) is 5.92. The van der Waals surface area contributed by atoms with Gasteiger partial charge in [0.2, 0.25) is 0 Å². The van der Waals surface area contributed by atoms with Gasteiger partial charge in [-0.05, 0) is 45.4 Å². The van der Waals surface area contributed by atoms with Crippen molar-refractivity contribution in [3.63, 3.8) is 0 Å². The number of aromatic nitrogens is 2. The Hall–Kier alpha value is -3.40. The minimum absolute atomic E-state index is 0.00966. The van der Waals surface area contributed by atoms with Gasteiger partial charge in [0.25, 0.3) is 11.1 Å². The maximum absolute atomic E-state index is 12.0. The van der Waals surface area contributed by atoms with Gasteiger partial charge in [0, 0.05) is 87.5 Å². The molecule has 4 saturated heterocycles. The molecule has 2 aromatic heterocycles. The molecule has 6 rings (SSSR count). The lowest BCUT2D eigenvalue weighted by atomic mass is 10.1. The maximum Gasteiger partial charge on any atom is 0.379 e. The second kappa shape index (κ2) is 20.1. The number of ether oxygens (including phenoxy) is 2. The molecule has 0 spiro atoms. The summed E-state index contributed by atoms with van der Waals surface area (Å²) in [5.74, 6) is 1.93. The first kappa shape index (κ1) is 38.1. The van der Waals surface area contributed by atoms with Crippen molar-refractivity contribution in [3.05, 3.63) is 45.0 Å². The Labute approximate surface area is 270 Å². The van der Waals surface area contributed by atoms with Crippen LogP contribution in [0.1, 0.15) is 45.4 Å². The van der Waals surface area contributed by atoms with E-state index in [0.29, 0.717) is 6.04 Å². The van der Waals surface area contributed by atoms with E-state index in [4.69, 9.17) is 9.47 Å². The molecule has 1 unspecified atom stereocenters. The van der Waals surface area contributed by atoms with E-state index in [1.165, 1.54) is 38.5 Å². The largest absolute Gasteiger partial charge is 0.379 e. The zero-order valence-electron chi connectivity index (χ0n) is 26.8. The van der Waals surface area contributed by atoms with Gasteiger partial charge in [-0.25, -0.2) is 0 Å². The molecular formula is C31H46F6N6O4. The van der Waals surface area contributed by atoms with Crippen molar-refractivity contribution in [1.29, 1.82) is 0 Å². The third kappa shape index (κ3) is 13.7. The number of hydrogen-bond donors (Lipinski definition) is 2. The summed E-state index contributed by atoms with van der Waals surface area (Å²) >= 11 is 0. The van der Waals surface area contributed by atoms with Crippen LogP contribution in [-0.2, 0) is 9.47 Å². The van der Waals surface area contributed by atoms with E-state index in [2.05, 4.69) is 48.6 Å². The number of halogens is 6. The van der Waals surface area contributed by atoms with Gasteiger partial charge in [-0.1, -0.05) is 0 Å². The maximum atomic E-state index is 12.0. The first-order valence-corrected chi connectivity index (χ1v) is 16.0. The molecule has 4 aliphatic rings. The number of anilines is 4. The Balaban J connectivity index is 0.000000209. The monoisotopic (exact) mass is 680 g/mol. The van der Waals surface area contributed by atoms with Crippen LogP contribution in [0, 0.1) is 0 Å². The van der Waals surface area contributed by atoms with Crippen molar-refractivity contribution in [2.45, 2.75) is 64.8 Å². The predicted octanol–water partition coefficient (Wildman–Crippen LogP) is 5.15. The highest BCUT2D eigenvalue weighted by Crippen LogP contribution is 2.24. The number of nitrogens with one attached hydrogen (secondary N) is 2. The number of piperidine rings is 2. The summed E-state index contributed by atoms with van der Waals surface area (Å²) in [6.07, 6.45) is 7.43. The molecule has 0 amide bonds. The van der Waals surface area contributed by atoms with E-state index in [1.54, 1.807) is 12.1 Å². The highest BCUT2D eigenvalue weighted by Gasteiger charge is 2.21. The SMILES string of the molecule is CC1COCCN1c1cc(N2CCCCC2)[nH]c(=O)c1.FC(F)F.FC(F)F.O=c1cc(N2CCOCC2)cc(N2CCCCC2)[nH]1. The number of aromatic amines is 2. The van der Waals surface area contributed by atoms with Crippen LogP contribution in [0.25, 0.3) is 0 Å². The third-order valence-electron chi connectivity index (χ3n) is 8.10. The summed E-state index contributed by atoms with van der Waals surface area (Å²) in [6.45, 7) is 4.50. The molecule has 4 fully saturated rings. The molecule has 0 bridgehead atoms. The van der Waals surface area contributed by atoms with Gasteiger partial charge in [-0.15, -0.1) is 0 Å². The molecule has 47 heavy (non-hydrogen) atoms. The summed E-state index contributed by atoms with van der Waals surface area (Å²) in [7, 11) is 0. The minimum atomic E-state index is -3.67. The van der Waals surface area contributed by atoms with E-state index in [-0.39, 0.29) is 11.1 Å². The zero-order valence-corrected chi connectivity index (χ0v) is 26.8. The van der Waals surface area contributed by atoms with Crippen LogP contribution in [0.15, 0.2) is 33.9 Å². The van der Waals surface area contributed by atoms with Crippen molar-refractivity contribution < 1.29 is 35.8 Å². The first-order valence-electron chi connectivity index (χ1n) is 16.0. The van der Waals surface area contributed by atoms with Crippen LogP contribution in [0.4, 0.5) is 49.4 Å². The Morgan fingerprint density at radius 3 is 1.49 bits per heavy atom. The van der Waals surface area contributed by atoms with E-state index in [9.17, 15) is 35.9 Å². The molecule has 2 aromatic rings. The van der Waals surface area contributed by atoms with Crippen LogP contribution < -0.4 is 30.7 Å². The fraction of sp³-hybridized carbons (Fsp3) is 0.677. The minimum Gasteiger partial charge on any atom is -0.378 e. The van der Waals surface area contributed by atoms with Crippen molar-refractivity contribution in [2.75, 3.05) is 91.8 Å². The van der Waals surface area contributed by atoms with Gasteiger partial charge in [0.1, 0.15) is 11.6 Å². The molecule has 16 heteroatoms. The summed E-state index contributed by atoms with van der Waals surface area (Å²) in [5, 5.41) is 0. The van der Waals surface area contributed by atoms with Crippen molar-refractivity contribution >= 4 is 23.0 Å². The Bertz CT molecular complexity index is 1230. The van der Waals surface area contributed by atoms with Gasteiger partial charge in [-0.2, -0.15) is 26.3 Å². The van der Waals surface area contributed by atoms with E-state index in [1.807, 2.05) is 0 Å². The molecule has 0 aromatic carbocycles. The predicted molar refractivity (Wildman–Crippen MR) is 171 cm³/mol. The van der Waals surface area contributed by atoms with Crippen molar-refractivity contribution in [3.8, 4) is 0 Å². The van der Waals surface area contributed by atoms with Crippen LogP contribution in [0.3, 0.4) is 0 Å². The van der Waals surface area contributed by atoms with Gasteiger partial charge in [-0.3, -0.25) is 9.59 Å². The lowest BCUT2D eigenvalue weighted by Gasteiger charge is -2.36. The van der Waals surface area contributed by atoms with Crippen LogP contribution in [0.5, 0.6) is 0 Å². The summed E-state index contributed by atoms with van der Waals surface area (Å²) < 4.78 is 68.8. The molecule has 10 nitrogen and oxygen atoms in total. The number of pyridine rings is 2. The second-order valence-corrected chi connectivity index (χ2v) is 11.5. The Morgan fingerprint density at radius 1 is 0.596 bits per heavy atom. The molecule has 6 heterocycles. The van der Waals surface area contributed by atoms with Crippen LogP contribution in [-0.4, -0.2) is 102 Å². The molecule has 4 aliphatic heterocycles. The smallest absolute Gasteiger partial charge is 0.378 e. The highest BCUT2D eigenvalue weighted by molar-refractivity contribution is 5.56. The Kier molecular flexibility index (Phi) is 16.3. The molecule has 1 atom stereocenters. The topological polar surface area (TPSA) is 97.1 Å². The molecule has 2 N–H and O–H groups in total. The van der Waals surface area contributed by atoms with Gasteiger partial charge in [0.05, 0.1) is 26.4 Å². The second-order valence-electron chi connectivity index (χ2n) is 11.5. The van der Waals surface area contributed by atoms with Crippen molar-refractivity contribution in [1.82, 2.24) is 9.97 Å². The Morgan fingerprint density at radius 2 is 1.02 bits per heavy atom. The molecule has 0 saturated carbocycles. The summed E-state index contributed by atoms with van der Waals surface area (Å²) in [5.41, 5.74) is 2.02. The number of rotatable bonds is 4. The molecule has 0 aliphatic carbocycles. The van der Waals surface area contributed by atoms with Gasteiger partial charge >= 0.3 is 13.4 Å². The average molecular weight is 681 g/mol. The number of H-pyrrole nitrogens is 2. The lowest BCUT2D eigenvalue weighted by molar-refractivity contribution is 0.00734. The number of nitrogens with zero attached hydrogens (tertiary/aromatic N) is 4. The molecule has 0 radical (unpaired) electrons. The normalized spacial score (nSPS) is 20.1. The molecule has 266 valence electrons. The molecular weight excluding hydrogens is 634 g/mol. The van der Waals surface area contributed by atoms with E-state index < -0.39 is 13.4 Å². The van der Waals surface area contributed by atoms with Gasteiger partial charge in [0.15, 0.2) is 0 Å².